The number of hydrogen-bond donors (Lipinski definition) is 1. The van der Waals surface area contributed by atoms with Crippen LogP contribution in [-0.4, -0.2) is 30.1 Å². The van der Waals surface area contributed by atoms with Gasteiger partial charge in [-0.15, -0.1) is 0 Å². The fourth-order valence-corrected chi connectivity index (χ4v) is 1.85. The van der Waals surface area contributed by atoms with E-state index in [-0.39, 0.29) is 18.8 Å². The molecular weight excluding hydrogens is 232 g/mol. The predicted molar refractivity (Wildman–Crippen MR) is 66.9 cm³/mol. The number of aliphatic hydroxyl groups is 1. The smallest absolute Gasteiger partial charge is 0.427 e. The van der Waals surface area contributed by atoms with E-state index in [1.807, 2.05) is 42.5 Å². The van der Waals surface area contributed by atoms with Crippen molar-refractivity contribution in [2.45, 2.75) is 25.0 Å². The average molecular weight is 248 g/mol. The van der Waals surface area contributed by atoms with E-state index < -0.39 is 6.16 Å². The van der Waals surface area contributed by atoms with E-state index in [2.05, 4.69) is 0 Å². The molecule has 0 amide bonds. The number of cyclic esters (lactones) is 2. The highest BCUT2D eigenvalue weighted by molar-refractivity contribution is 5.63. The van der Waals surface area contributed by atoms with Gasteiger partial charge in [-0.3, -0.25) is 0 Å². The Labute approximate surface area is 106 Å². The van der Waals surface area contributed by atoms with Gasteiger partial charge in [0.25, 0.3) is 0 Å². The van der Waals surface area contributed by atoms with E-state index in [0.29, 0.717) is 12.8 Å². The Kier molecular flexibility index (Phi) is 4.36. The summed E-state index contributed by atoms with van der Waals surface area (Å²) in [6.07, 6.45) is 3.61. The Bertz CT molecular complexity index is 413. The maximum absolute atomic E-state index is 11.1. The van der Waals surface area contributed by atoms with Crippen molar-refractivity contribution in [1.82, 2.24) is 0 Å². The summed E-state index contributed by atoms with van der Waals surface area (Å²) in [5, 5.41) is 8.79. The third-order valence-corrected chi connectivity index (χ3v) is 2.77. The zero-order valence-electron chi connectivity index (χ0n) is 9.99. The van der Waals surface area contributed by atoms with Crippen molar-refractivity contribution in [2.24, 2.45) is 0 Å². The summed E-state index contributed by atoms with van der Waals surface area (Å²) in [5.41, 5.74) is 1.04. The second-order valence-corrected chi connectivity index (χ2v) is 4.12. The second-order valence-electron chi connectivity index (χ2n) is 4.12. The summed E-state index contributed by atoms with van der Waals surface area (Å²) in [6.45, 7) is 0.0865. The van der Waals surface area contributed by atoms with E-state index in [9.17, 15) is 4.79 Å². The third kappa shape index (κ3) is 3.34. The molecular formula is C14H16O4. The van der Waals surface area contributed by atoms with Crippen LogP contribution < -0.4 is 0 Å². The Morgan fingerprint density at radius 1 is 1.22 bits per heavy atom. The van der Waals surface area contributed by atoms with Crippen molar-refractivity contribution in [1.29, 1.82) is 0 Å². The Morgan fingerprint density at radius 2 is 2.00 bits per heavy atom. The number of ether oxygens (including phenoxy) is 2. The van der Waals surface area contributed by atoms with Crippen LogP contribution in [0.1, 0.15) is 18.4 Å². The van der Waals surface area contributed by atoms with Gasteiger partial charge in [0.15, 0.2) is 6.10 Å². The highest BCUT2D eigenvalue weighted by Crippen LogP contribution is 2.21. The van der Waals surface area contributed by atoms with Gasteiger partial charge in [0.1, 0.15) is 6.10 Å². The van der Waals surface area contributed by atoms with Crippen molar-refractivity contribution >= 4 is 12.2 Å². The minimum atomic E-state index is -0.638. The summed E-state index contributed by atoms with van der Waals surface area (Å²) < 4.78 is 10.1. The maximum atomic E-state index is 11.1. The van der Waals surface area contributed by atoms with Crippen LogP contribution in [-0.2, 0) is 9.47 Å². The minimum absolute atomic E-state index is 0.0865. The molecule has 0 bridgehead atoms. The van der Waals surface area contributed by atoms with Crippen LogP contribution >= 0.6 is 0 Å². The minimum Gasteiger partial charge on any atom is -0.427 e. The zero-order valence-corrected chi connectivity index (χ0v) is 9.99. The normalized spacial score (nSPS) is 23.1. The lowest BCUT2D eigenvalue weighted by Crippen LogP contribution is -2.20. The molecule has 1 saturated heterocycles. The lowest BCUT2D eigenvalue weighted by atomic mass is 10.1. The molecule has 4 heteroatoms. The van der Waals surface area contributed by atoms with Crippen molar-refractivity contribution < 1.29 is 19.4 Å². The number of hydrogen-bond acceptors (Lipinski definition) is 4. The van der Waals surface area contributed by atoms with E-state index in [1.165, 1.54) is 0 Å². The molecule has 18 heavy (non-hydrogen) atoms. The molecule has 0 radical (unpaired) electrons. The number of rotatable bonds is 5. The molecule has 1 aromatic rings. The summed E-state index contributed by atoms with van der Waals surface area (Å²) in [5.74, 6) is 0. The average Bonchev–Trinajstić information content (AvgIpc) is 2.75. The van der Waals surface area contributed by atoms with E-state index in [4.69, 9.17) is 14.6 Å². The van der Waals surface area contributed by atoms with Gasteiger partial charge in [0.2, 0.25) is 0 Å². The van der Waals surface area contributed by atoms with Gasteiger partial charge in [-0.05, 0) is 24.5 Å². The molecule has 1 heterocycles. The molecule has 1 N–H and O–H groups in total. The summed E-state index contributed by atoms with van der Waals surface area (Å²) in [4.78, 5) is 11.1. The summed E-state index contributed by atoms with van der Waals surface area (Å²) in [7, 11) is 0. The van der Waals surface area contributed by atoms with Crippen LogP contribution in [0.25, 0.3) is 6.08 Å². The molecule has 1 aliphatic heterocycles. The van der Waals surface area contributed by atoms with Crippen LogP contribution in [0.15, 0.2) is 36.4 Å². The molecule has 2 atom stereocenters. The third-order valence-electron chi connectivity index (χ3n) is 2.77. The Balaban J connectivity index is 1.98. The fourth-order valence-electron chi connectivity index (χ4n) is 1.85. The molecule has 1 aliphatic rings. The van der Waals surface area contributed by atoms with Crippen LogP contribution in [0.3, 0.4) is 0 Å². The summed E-state index contributed by atoms with van der Waals surface area (Å²) >= 11 is 0. The van der Waals surface area contributed by atoms with Crippen molar-refractivity contribution in [3.63, 3.8) is 0 Å². The molecule has 0 spiro atoms. The number of carbonyl (C=O) groups excluding carboxylic acids is 1. The number of benzene rings is 1. The largest absolute Gasteiger partial charge is 0.509 e. The van der Waals surface area contributed by atoms with Gasteiger partial charge in [-0.1, -0.05) is 36.4 Å². The Hall–Kier alpha value is -1.81. The van der Waals surface area contributed by atoms with Crippen molar-refractivity contribution in [2.75, 3.05) is 6.61 Å². The number of carbonyl (C=O) groups is 1. The maximum Gasteiger partial charge on any atom is 0.509 e. The fraction of sp³-hybridized carbons (Fsp3) is 0.357. The molecule has 1 unspecified atom stereocenters. The van der Waals surface area contributed by atoms with Crippen LogP contribution in [0.4, 0.5) is 4.79 Å². The molecule has 0 saturated carbocycles. The summed E-state index contributed by atoms with van der Waals surface area (Å²) in [6, 6.07) is 9.77. The monoisotopic (exact) mass is 248 g/mol. The quantitative estimate of drug-likeness (QED) is 0.813. The van der Waals surface area contributed by atoms with E-state index >= 15 is 0 Å². The number of aliphatic hydroxyl groups excluding tert-OH is 1. The van der Waals surface area contributed by atoms with Crippen LogP contribution in [0.2, 0.25) is 0 Å². The first-order chi connectivity index (χ1) is 8.79. The van der Waals surface area contributed by atoms with Gasteiger partial charge in [-0.2, -0.15) is 0 Å². The first-order valence-corrected chi connectivity index (χ1v) is 6.01. The molecule has 2 rings (SSSR count). The predicted octanol–water partition coefficient (Wildman–Crippen LogP) is 2.38. The lowest BCUT2D eigenvalue weighted by Gasteiger charge is -2.10. The molecule has 1 fully saturated rings. The van der Waals surface area contributed by atoms with Crippen molar-refractivity contribution in [3.8, 4) is 0 Å². The lowest BCUT2D eigenvalue weighted by molar-refractivity contribution is 0.113. The van der Waals surface area contributed by atoms with Crippen molar-refractivity contribution in [3.05, 3.63) is 42.0 Å². The van der Waals surface area contributed by atoms with Gasteiger partial charge in [0, 0.05) is 6.61 Å². The zero-order chi connectivity index (χ0) is 12.8. The topological polar surface area (TPSA) is 55.8 Å². The van der Waals surface area contributed by atoms with Gasteiger partial charge >= 0.3 is 6.16 Å². The van der Waals surface area contributed by atoms with Gasteiger partial charge < -0.3 is 14.6 Å². The van der Waals surface area contributed by atoms with Gasteiger partial charge in [-0.25, -0.2) is 4.79 Å². The first-order valence-electron chi connectivity index (χ1n) is 6.01. The molecule has 1 aromatic carbocycles. The molecule has 96 valence electrons. The first kappa shape index (κ1) is 12.6. The SMILES string of the molecule is O=C1OC(/C=C/c2ccccc2)[C@@H](CCCO)O1. The standard InChI is InChI=1S/C14H16O4/c15-10-4-7-12-13(18-14(16)17-12)9-8-11-5-2-1-3-6-11/h1-3,5-6,8-9,12-13,15H,4,7,10H2/b9-8+/t12-,13?/m1/s1. The van der Waals surface area contributed by atoms with Crippen LogP contribution in [0, 0.1) is 0 Å². The highest BCUT2D eigenvalue weighted by Gasteiger charge is 2.34. The molecule has 0 aliphatic carbocycles. The molecule has 4 nitrogen and oxygen atoms in total. The highest BCUT2D eigenvalue weighted by atomic mass is 16.8. The van der Waals surface area contributed by atoms with E-state index in [1.54, 1.807) is 0 Å². The van der Waals surface area contributed by atoms with Crippen LogP contribution in [0.5, 0.6) is 0 Å². The second kappa shape index (κ2) is 6.21. The Morgan fingerprint density at radius 3 is 2.72 bits per heavy atom. The molecule has 0 aromatic heterocycles. The van der Waals surface area contributed by atoms with Gasteiger partial charge in [0.05, 0.1) is 0 Å². The van der Waals surface area contributed by atoms with E-state index in [0.717, 1.165) is 5.56 Å².